The van der Waals surface area contributed by atoms with Crippen LogP contribution >= 0.6 is 0 Å². The number of ether oxygens (including phenoxy) is 1. The third-order valence-electron chi connectivity index (χ3n) is 4.11. The molecule has 0 bridgehead atoms. The number of carbonyl (C=O) groups excluding carboxylic acids is 1. The summed E-state index contributed by atoms with van der Waals surface area (Å²) in [6, 6.07) is 5.12. The van der Waals surface area contributed by atoms with Crippen LogP contribution in [0.5, 0.6) is 0 Å². The predicted molar refractivity (Wildman–Crippen MR) is 86.9 cm³/mol. The highest BCUT2D eigenvalue weighted by Gasteiger charge is 2.17. The van der Waals surface area contributed by atoms with Crippen molar-refractivity contribution in [2.75, 3.05) is 13.2 Å². The number of amides is 1. The first-order chi connectivity index (χ1) is 12.2. The molecule has 1 unspecified atom stereocenters. The lowest BCUT2D eigenvalue weighted by Gasteiger charge is -2.11. The molecule has 0 spiro atoms. The fourth-order valence-corrected chi connectivity index (χ4v) is 2.82. The van der Waals surface area contributed by atoms with Crippen LogP contribution in [0.1, 0.15) is 12.8 Å². The number of hydrogen-bond acceptors (Lipinski definition) is 6. The maximum atomic E-state index is 12.5. The Morgan fingerprint density at radius 3 is 3.12 bits per heavy atom. The van der Waals surface area contributed by atoms with E-state index in [9.17, 15) is 9.59 Å². The van der Waals surface area contributed by atoms with E-state index in [1.54, 1.807) is 18.2 Å². The first-order valence-electron chi connectivity index (χ1n) is 8.08. The molecule has 0 radical (unpaired) electrons. The lowest BCUT2D eigenvalue weighted by atomic mass is 10.2. The van der Waals surface area contributed by atoms with Gasteiger partial charge in [-0.25, -0.2) is 9.20 Å². The molecule has 1 aliphatic rings. The second-order valence-electron chi connectivity index (χ2n) is 5.87. The summed E-state index contributed by atoms with van der Waals surface area (Å²) < 4.78 is 13.2. The lowest BCUT2D eigenvalue weighted by Crippen LogP contribution is -2.37. The van der Waals surface area contributed by atoms with Crippen LogP contribution in [0.4, 0.5) is 0 Å². The van der Waals surface area contributed by atoms with Crippen LogP contribution in [0, 0.1) is 0 Å². The molecule has 3 aromatic rings. The molecular weight excluding hydrogens is 326 g/mol. The largest absolute Gasteiger partial charge is 0.463 e. The summed E-state index contributed by atoms with van der Waals surface area (Å²) in [5.41, 5.74) is 0.470. The molecule has 130 valence electrons. The van der Waals surface area contributed by atoms with Crippen LogP contribution < -0.4 is 10.9 Å². The monoisotopic (exact) mass is 343 g/mol. The van der Waals surface area contributed by atoms with Crippen LogP contribution in [-0.4, -0.2) is 44.6 Å². The minimum Gasteiger partial charge on any atom is -0.463 e. The van der Waals surface area contributed by atoms with Gasteiger partial charge in [-0.1, -0.05) is 0 Å². The van der Waals surface area contributed by atoms with Crippen molar-refractivity contribution in [3.8, 4) is 11.5 Å². The Hall–Kier alpha value is -2.94. The van der Waals surface area contributed by atoms with Gasteiger partial charge in [0.1, 0.15) is 24.1 Å². The summed E-state index contributed by atoms with van der Waals surface area (Å²) in [6.07, 6.45) is 4.94. The van der Waals surface area contributed by atoms with Gasteiger partial charge in [0.2, 0.25) is 5.91 Å². The Labute approximate surface area is 142 Å². The van der Waals surface area contributed by atoms with Crippen LogP contribution in [0.25, 0.3) is 17.0 Å². The molecule has 9 heteroatoms. The van der Waals surface area contributed by atoms with E-state index in [4.69, 9.17) is 9.15 Å². The van der Waals surface area contributed by atoms with Crippen molar-refractivity contribution in [3.05, 3.63) is 41.1 Å². The maximum Gasteiger partial charge on any atom is 0.293 e. The van der Waals surface area contributed by atoms with Crippen molar-refractivity contribution in [2.24, 2.45) is 0 Å². The lowest BCUT2D eigenvalue weighted by molar-refractivity contribution is -0.122. The van der Waals surface area contributed by atoms with E-state index in [-0.39, 0.29) is 24.1 Å². The van der Waals surface area contributed by atoms with Gasteiger partial charge >= 0.3 is 0 Å². The van der Waals surface area contributed by atoms with Crippen molar-refractivity contribution in [2.45, 2.75) is 25.5 Å². The summed E-state index contributed by atoms with van der Waals surface area (Å²) in [4.78, 5) is 24.6. The average Bonchev–Trinajstić information content (AvgIpc) is 3.36. The number of furan rings is 1. The van der Waals surface area contributed by atoms with Crippen LogP contribution in [0.15, 0.2) is 40.0 Å². The fourth-order valence-electron chi connectivity index (χ4n) is 2.82. The summed E-state index contributed by atoms with van der Waals surface area (Å²) in [6.45, 7) is 1.03. The van der Waals surface area contributed by atoms with Crippen LogP contribution in [0.2, 0.25) is 0 Å². The number of carbonyl (C=O) groups is 1. The van der Waals surface area contributed by atoms with Crippen molar-refractivity contribution in [1.82, 2.24) is 24.7 Å². The first-order valence-corrected chi connectivity index (χ1v) is 8.08. The van der Waals surface area contributed by atoms with Gasteiger partial charge in [0.15, 0.2) is 5.76 Å². The Morgan fingerprint density at radius 2 is 2.36 bits per heavy atom. The van der Waals surface area contributed by atoms with E-state index < -0.39 is 0 Å². The Balaban J connectivity index is 1.50. The number of fused-ring (bicyclic) bond motifs is 1. The molecule has 0 aliphatic carbocycles. The summed E-state index contributed by atoms with van der Waals surface area (Å²) in [5.74, 6) is 0.282. The quantitative estimate of drug-likeness (QED) is 0.721. The molecule has 0 aromatic carbocycles. The molecular formula is C16H17N5O4. The van der Waals surface area contributed by atoms with E-state index in [1.165, 1.54) is 17.1 Å². The highest BCUT2D eigenvalue weighted by atomic mass is 16.5. The predicted octanol–water partition coefficient (Wildman–Crippen LogP) is 0.446. The van der Waals surface area contributed by atoms with Gasteiger partial charge in [0, 0.05) is 19.2 Å². The van der Waals surface area contributed by atoms with Crippen molar-refractivity contribution in [3.63, 3.8) is 0 Å². The molecule has 1 N–H and O–H groups in total. The Kier molecular flexibility index (Phi) is 4.06. The third kappa shape index (κ3) is 3.18. The zero-order valence-electron chi connectivity index (χ0n) is 13.4. The number of nitrogens with zero attached hydrogens (tertiary/aromatic N) is 4. The summed E-state index contributed by atoms with van der Waals surface area (Å²) >= 11 is 0. The number of hydrogen-bond donors (Lipinski definition) is 1. The highest BCUT2D eigenvalue weighted by molar-refractivity contribution is 5.75. The first kappa shape index (κ1) is 15.6. The Morgan fingerprint density at radius 1 is 1.44 bits per heavy atom. The minimum atomic E-state index is -0.389. The smallest absolute Gasteiger partial charge is 0.293 e. The molecule has 4 heterocycles. The van der Waals surface area contributed by atoms with E-state index in [2.05, 4.69) is 15.5 Å². The van der Waals surface area contributed by atoms with Gasteiger partial charge in [-0.05, 0) is 25.0 Å². The third-order valence-corrected chi connectivity index (χ3v) is 4.11. The Bertz CT molecular complexity index is 937. The summed E-state index contributed by atoms with van der Waals surface area (Å²) in [7, 11) is 0. The van der Waals surface area contributed by atoms with Crippen molar-refractivity contribution in [1.29, 1.82) is 0 Å². The zero-order valence-corrected chi connectivity index (χ0v) is 13.4. The van der Waals surface area contributed by atoms with E-state index in [1.807, 2.05) is 0 Å². The normalized spacial score (nSPS) is 17.2. The topological polar surface area (TPSA) is 104 Å². The molecule has 1 atom stereocenters. The summed E-state index contributed by atoms with van der Waals surface area (Å²) in [5, 5.41) is 11.0. The molecule has 1 saturated heterocycles. The van der Waals surface area contributed by atoms with Gasteiger partial charge in [0.25, 0.3) is 5.56 Å². The minimum absolute atomic E-state index is 0.0572. The molecule has 1 aliphatic heterocycles. The number of nitrogens with one attached hydrogen (secondary N) is 1. The maximum absolute atomic E-state index is 12.5. The second kappa shape index (κ2) is 6.52. The number of rotatable bonds is 5. The van der Waals surface area contributed by atoms with Gasteiger partial charge in [-0.15, -0.1) is 0 Å². The van der Waals surface area contributed by atoms with Gasteiger partial charge < -0.3 is 14.5 Å². The average molecular weight is 343 g/mol. The van der Waals surface area contributed by atoms with Gasteiger partial charge in [0.05, 0.1) is 12.4 Å². The van der Waals surface area contributed by atoms with E-state index in [0.29, 0.717) is 23.5 Å². The number of aromatic nitrogens is 4. The highest BCUT2D eigenvalue weighted by Crippen LogP contribution is 2.18. The molecule has 1 fully saturated rings. The van der Waals surface area contributed by atoms with E-state index in [0.717, 1.165) is 24.1 Å². The van der Waals surface area contributed by atoms with Crippen LogP contribution in [-0.2, 0) is 16.1 Å². The van der Waals surface area contributed by atoms with Gasteiger partial charge in [-0.2, -0.15) is 10.2 Å². The van der Waals surface area contributed by atoms with Crippen LogP contribution in [0.3, 0.4) is 0 Å². The molecule has 0 saturated carbocycles. The molecule has 1 amide bonds. The zero-order chi connectivity index (χ0) is 17.2. The van der Waals surface area contributed by atoms with Gasteiger partial charge in [-0.3, -0.25) is 9.59 Å². The molecule has 9 nitrogen and oxygen atoms in total. The molecule has 3 aromatic heterocycles. The van der Waals surface area contributed by atoms with Crippen molar-refractivity contribution >= 4 is 11.4 Å². The molecule has 4 rings (SSSR count). The standard InChI is InChI=1S/C16H17N5O4/c22-15(17-8-11-3-1-5-24-11)9-20-16(23)13-7-12(14-4-2-6-25-14)19-21(13)10-18-20/h2,4,6-7,10-11H,1,3,5,8-9H2,(H,17,22). The second-order valence-corrected chi connectivity index (χ2v) is 5.87. The van der Waals surface area contributed by atoms with Crippen molar-refractivity contribution < 1.29 is 13.9 Å². The SMILES string of the molecule is O=C(Cn1ncn2nc(-c3ccco3)cc2c1=O)NCC1CCCO1. The fraction of sp³-hybridized carbons (Fsp3) is 0.375. The van der Waals surface area contributed by atoms with E-state index >= 15 is 0 Å². The molecule has 25 heavy (non-hydrogen) atoms.